The van der Waals surface area contributed by atoms with E-state index in [1.54, 1.807) is 0 Å². The van der Waals surface area contributed by atoms with Crippen LogP contribution in [0, 0.1) is 0 Å². The van der Waals surface area contributed by atoms with Crippen molar-refractivity contribution in [3.63, 3.8) is 0 Å². The maximum absolute atomic E-state index is 5.39. The van der Waals surface area contributed by atoms with E-state index >= 15 is 0 Å². The third kappa shape index (κ3) is 6.24. The Kier molecular flexibility index (Phi) is 7.61. The monoisotopic (exact) mass is 245 g/mol. The van der Waals surface area contributed by atoms with Gasteiger partial charge in [0.25, 0.3) is 0 Å². The summed E-state index contributed by atoms with van der Waals surface area (Å²) in [6.45, 7) is 4.82. The quantitative estimate of drug-likeness (QED) is 0.369. The van der Waals surface area contributed by atoms with Crippen molar-refractivity contribution in [2.24, 2.45) is 5.16 Å². The van der Waals surface area contributed by atoms with Gasteiger partial charge in [0.2, 0.25) is 0 Å². The van der Waals surface area contributed by atoms with Crippen molar-refractivity contribution >= 4 is 5.71 Å². The minimum atomic E-state index is 0.551. The van der Waals surface area contributed by atoms with Gasteiger partial charge in [0.1, 0.15) is 6.61 Å². The lowest BCUT2D eigenvalue weighted by Crippen LogP contribution is -1.97. The van der Waals surface area contributed by atoms with E-state index in [1.807, 2.05) is 30.3 Å². The van der Waals surface area contributed by atoms with E-state index in [4.69, 9.17) is 4.84 Å². The first-order chi connectivity index (χ1) is 8.86. The van der Waals surface area contributed by atoms with Crippen LogP contribution in [0.2, 0.25) is 0 Å². The first-order valence-corrected chi connectivity index (χ1v) is 6.73. The smallest absolute Gasteiger partial charge is 0.142 e. The lowest BCUT2D eigenvalue weighted by Gasteiger charge is -2.03. The summed E-state index contributed by atoms with van der Waals surface area (Å²) in [6.07, 6.45) is 8.50. The third-order valence-corrected chi connectivity index (χ3v) is 2.68. The number of hydrogen-bond acceptors (Lipinski definition) is 2. The van der Waals surface area contributed by atoms with Crippen LogP contribution in [0.1, 0.15) is 45.1 Å². The van der Waals surface area contributed by atoms with Crippen LogP contribution in [-0.2, 0) is 11.4 Å². The van der Waals surface area contributed by atoms with Gasteiger partial charge in [0.15, 0.2) is 0 Å². The van der Waals surface area contributed by atoms with Crippen molar-refractivity contribution in [3.05, 3.63) is 48.0 Å². The highest BCUT2D eigenvalue weighted by molar-refractivity contribution is 5.83. The molecule has 0 fully saturated rings. The van der Waals surface area contributed by atoms with Crippen LogP contribution in [0.15, 0.2) is 47.6 Å². The molecule has 1 aromatic rings. The maximum atomic E-state index is 5.39. The van der Waals surface area contributed by atoms with Crippen LogP contribution in [0.25, 0.3) is 0 Å². The van der Waals surface area contributed by atoms with Crippen molar-refractivity contribution < 1.29 is 4.84 Å². The molecule has 0 saturated carbocycles. The third-order valence-electron chi connectivity index (χ3n) is 2.68. The summed E-state index contributed by atoms with van der Waals surface area (Å²) < 4.78 is 0. The topological polar surface area (TPSA) is 21.6 Å². The number of benzene rings is 1. The van der Waals surface area contributed by atoms with Gasteiger partial charge < -0.3 is 4.84 Å². The molecule has 0 saturated heterocycles. The Bertz CT molecular complexity index is 368. The first kappa shape index (κ1) is 14.5. The van der Waals surface area contributed by atoms with Crippen LogP contribution in [0.5, 0.6) is 0 Å². The predicted molar refractivity (Wildman–Crippen MR) is 77.6 cm³/mol. The Balaban J connectivity index is 2.31. The Morgan fingerprint density at radius 2 is 1.94 bits per heavy atom. The fraction of sp³-hybridized carbons (Fsp3) is 0.438. The molecule has 1 aromatic carbocycles. The minimum Gasteiger partial charge on any atom is -0.391 e. The second-order valence-electron chi connectivity index (χ2n) is 4.19. The van der Waals surface area contributed by atoms with Gasteiger partial charge in [-0.25, -0.2) is 0 Å². The molecule has 0 aliphatic heterocycles. The van der Waals surface area contributed by atoms with Crippen LogP contribution in [0.3, 0.4) is 0 Å². The number of oxime groups is 1. The van der Waals surface area contributed by atoms with Crippen LogP contribution in [0.4, 0.5) is 0 Å². The van der Waals surface area contributed by atoms with Gasteiger partial charge in [-0.2, -0.15) is 0 Å². The van der Waals surface area contributed by atoms with Crippen molar-refractivity contribution in [3.8, 4) is 0 Å². The molecule has 0 aliphatic carbocycles. The molecule has 0 aliphatic rings. The predicted octanol–water partition coefficient (Wildman–Crippen LogP) is 4.72. The highest BCUT2D eigenvalue weighted by atomic mass is 16.6. The van der Waals surface area contributed by atoms with Crippen LogP contribution >= 0.6 is 0 Å². The van der Waals surface area contributed by atoms with E-state index in [-0.39, 0.29) is 0 Å². The second-order valence-corrected chi connectivity index (χ2v) is 4.19. The molecule has 0 bridgehead atoms. The molecule has 18 heavy (non-hydrogen) atoms. The van der Waals surface area contributed by atoms with E-state index in [2.05, 4.69) is 31.2 Å². The molecule has 2 nitrogen and oxygen atoms in total. The van der Waals surface area contributed by atoms with Crippen LogP contribution < -0.4 is 0 Å². The minimum absolute atomic E-state index is 0.551. The molecule has 0 radical (unpaired) electrons. The fourth-order valence-electron chi connectivity index (χ4n) is 1.59. The molecule has 0 N–H and O–H groups in total. The SMILES string of the molecule is CC/C=C/CC/C(CC)=N\OCc1ccccc1. The van der Waals surface area contributed by atoms with Crippen molar-refractivity contribution in [2.45, 2.75) is 46.1 Å². The van der Waals surface area contributed by atoms with E-state index < -0.39 is 0 Å². The molecule has 0 spiro atoms. The molecular weight excluding hydrogens is 222 g/mol. The average Bonchev–Trinajstić information content (AvgIpc) is 2.42. The highest BCUT2D eigenvalue weighted by Gasteiger charge is 1.96. The lowest BCUT2D eigenvalue weighted by molar-refractivity contribution is 0.129. The molecule has 98 valence electrons. The van der Waals surface area contributed by atoms with Gasteiger partial charge in [-0.15, -0.1) is 0 Å². The van der Waals surface area contributed by atoms with Gasteiger partial charge in [-0.3, -0.25) is 0 Å². The molecule has 2 heteroatoms. The molecule has 0 heterocycles. The summed E-state index contributed by atoms with van der Waals surface area (Å²) in [5, 5.41) is 4.22. The zero-order valence-corrected chi connectivity index (χ0v) is 11.4. The maximum Gasteiger partial charge on any atom is 0.142 e. The molecule has 0 unspecified atom stereocenters. The Morgan fingerprint density at radius 3 is 2.61 bits per heavy atom. The van der Waals surface area contributed by atoms with E-state index in [1.165, 1.54) is 0 Å². The summed E-state index contributed by atoms with van der Waals surface area (Å²) in [5.74, 6) is 0. The van der Waals surface area contributed by atoms with Crippen LogP contribution in [-0.4, -0.2) is 5.71 Å². The fourth-order valence-corrected chi connectivity index (χ4v) is 1.59. The van der Waals surface area contributed by atoms with Gasteiger partial charge in [0, 0.05) is 0 Å². The number of hydrogen-bond donors (Lipinski definition) is 0. The Labute approximate surface area is 110 Å². The average molecular weight is 245 g/mol. The number of allylic oxidation sites excluding steroid dienone is 2. The van der Waals surface area contributed by atoms with Gasteiger partial charge >= 0.3 is 0 Å². The second kappa shape index (κ2) is 9.46. The highest BCUT2D eigenvalue weighted by Crippen LogP contribution is 2.04. The zero-order chi connectivity index (χ0) is 13.1. The number of rotatable bonds is 8. The van der Waals surface area contributed by atoms with E-state index in [0.717, 1.165) is 37.0 Å². The number of nitrogens with zero attached hydrogens (tertiary/aromatic N) is 1. The Morgan fingerprint density at radius 1 is 1.17 bits per heavy atom. The Hall–Kier alpha value is -1.57. The molecule has 0 amide bonds. The summed E-state index contributed by atoms with van der Waals surface area (Å²) in [6, 6.07) is 10.1. The van der Waals surface area contributed by atoms with E-state index in [9.17, 15) is 0 Å². The van der Waals surface area contributed by atoms with Gasteiger partial charge in [0.05, 0.1) is 5.71 Å². The molecule has 0 aromatic heterocycles. The normalized spacial score (nSPS) is 12.0. The summed E-state index contributed by atoms with van der Waals surface area (Å²) in [7, 11) is 0. The van der Waals surface area contributed by atoms with E-state index in [0.29, 0.717) is 6.61 Å². The van der Waals surface area contributed by atoms with Crippen molar-refractivity contribution in [1.82, 2.24) is 0 Å². The van der Waals surface area contributed by atoms with Crippen molar-refractivity contribution in [1.29, 1.82) is 0 Å². The summed E-state index contributed by atoms with van der Waals surface area (Å²) >= 11 is 0. The van der Waals surface area contributed by atoms with Gasteiger partial charge in [-0.1, -0.05) is 61.5 Å². The summed E-state index contributed by atoms with van der Waals surface area (Å²) in [4.78, 5) is 5.39. The molecule has 1 rings (SSSR count). The molecule has 0 atom stereocenters. The van der Waals surface area contributed by atoms with Crippen molar-refractivity contribution in [2.75, 3.05) is 0 Å². The zero-order valence-electron chi connectivity index (χ0n) is 11.4. The largest absolute Gasteiger partial charge is 0.391 e. The lowest BCUT2D eigenvalue weighted by atomic mass is 10.1. The van der Waals surface area contributed by atoms with Gasteiger partial charge in [-0.05, 0) is 31.2 Å². The molecular formula is C16H23NO. The first-order valence-electron chi connectivity index (χ1n) is 6.73. The summed E-state index contributed by atoms with van der Waals surface area (Å²) in [5.41, 5.74) is 2.29. The standard InChI is InChI=1S/C16H23NO/c1-3-5-6-10-13-16(4-2)17-18-14-15-11-8-7-9-12-15/h5-9,11-12H,3-4,10,13-14H2,1-2H3/b6-5+,17-16-.